The number of morpholine rings is 1. The Morgan fingerprint density at radius 1 is 1.32 bits per heavy atom. The molecule has 1 aliphatic rings. The largest absolute Gasteiger partial charge is 0.424 e. The lowest BCUT2D eigenvalue weighted by molar-refractivity contribution is 0.0942. The normalized spacial score (nSPS) is 14.9. The molecule has 2 aromatic rings. The SMILES string of the molecule is Cc1nnc(CNC(=O)c2cc(N3CCOCC3)ncn2)o1. The van der Waals surface area contributed by atoms with Crippen molar-refractivity contribution in [1.29, 1.82) is 0 Å². The summed E-state index contributed by atoms with van der Waals surface area (Å²) < 4.78 is 10.5. The molecule has 9 nitrogen and oxygen atoms in total. The fourth-order valence-corrected chi connectivity index (χ4v) is 2.09. The molecule has 0 aliphatic carbocycles. The third kappa shape index (κ3) is 3.37. The number of nitrogens with zero attached hydrogens (tertiary/aromatic N) is 5. The van der Waals surface area contributed by atoms with Gasteiger partial charge in [0.1, 0.15) is 17.8 Å². The van der Waals surface area contributed by atoms with Crippen LogP contribution in [0.4, 0.5) is 5.82 Å². The molecular weight excluding hydrogens is 288 g/mol. The van der Waals surface area contributed by atoms with Crippen LogP contribution in [0.2, 0.25) is 0 Å². The average molecular weight is 304 g/mol. The molecule has 1 saturated heterocycles. The highest BCUT2D eigenvalue weighted by Gasteiger charge is 2.16. The van der Waals surface area contributed by atoms with Gasteiger partial charge >= 0.3 is 0 Å². The van der Waals surface area contributed by atoms with Crippen LogP contribution in [0.25, 0.3) is 0 Å². The van der Waals surface area contributed by atoms with E-state index in [0.717, 1.165) is 18.9 Å². The predicted octanol–water partition coefficient (Wildman–Crippen LogP) is -0.0654. The van der Waals surface area contributed by atoms with E-state index in [1.54, 1.807) is 13.0 Å². The summed E-state index contributed by atoms with van der Waals surface area (Å²) in [6, 6.07) is 1.67. The average Bonchev–Trinajstić information content (AvgIpc) is 2.99. The highest BCUT2D eigenvalue weighted by Crippen LogP contribution is 2.12. The molecule has 0 unspecified atom stereocenters. The van der Waals surface area contributed by atoms with E-state index in [0.29, 0.717) is 30.7 Å². The first-order chi connectivity index (χ1) is 10.7. The van der Waals surface area contributed by atoms with Gasteiger partial charge in [-0.05, 0) is 0 Å². The standard InChI is InChI=1S/C13H16N6O3/c1-9-17-18-12(22-9)7-14-13(20)10-6-11(16-8-15-10)19-2-4-21-5-3-19/h6,8H,2-5,7H2,1H3,(H,14,20). The zero-order chi connectivity index (χ0) is 15.4. The second-order valence-corrected chi connectivity index (χ2v) is 4.76. The van der Waals surface area contributed by atoms with Crippen molar-refractivity contribution in [2.24, 2.45) is 0 Å². The number of rotatable bonds is 4. The number of ether oxygens (including phenoxy) is 1. The molecule has 22 heavy (non-hydrogen) atoms. The van der Waals surface area contributed by atoms with Crippen LogP contribution >= 0.6 is 0 Å². The van der Waals surface area contributed by atoms with E-state index in [1.807, 2.05) is 0 Å². The summed E-state index contributed by atoms with van der Waals surface area (Å²) >= 11 is 0. The fourth-order valence-electron chi connectivity index (χ4n) is 2.09. The first-order valence-corrected chi connectivity index (χ1v) is 6.94. The Bertz CT molecular complexity index is 653. The third-order valence-electron chi connectivity index (χ3n) is 3.19. The summed E-state index contributed by atoms with van der Waals surface area (Å²) in [5.74, 6) is 1.22. The molecule has 9 heteroatoms. The molecule has 0 aromatic carbocycles. The van der Waals surface area contributed by atoms with Gasteiger partial charge in [-0.15, -0.1) is 10.2 Å². The topological polar surface area (TPSA) is 106 Å². The first kappa shape index (κ1) is 14.4. The fraction of sp³-hybridized carbons (Fsp3) is 0.462. The predicted molar refractivity (Wildman–Crippen MR) is 75.3 cm³/mol. The molecule has 0 radical (unpaired) electrons. The molecule has 0 saturated carbocycles. The number of aryl methyl sites for hydroxylation is 1. The molecule has 3 rings (SSSR count). The van der Waals surface area contributed by atoms with Gasteiger partial charge in [-0.25, -0.2) is 9.97 Å². The van der Waals surface area contributed by atoms with Gasteiger partial charge in [0.25, 0.3) is 5.91 Å². The van der Waals surface area contributed by atoms with E-state index in [9.17, 15) is 4.79 Å². The van der Waals surface area contributed by atoms with Crippen LogP contribution in [0.1, 0.15) is 22.3 Å². The first-order valence-electron chi connectivity index (χ1n) is 6.94. The van der Waals surface area contributed by atoms with E-state index >= 15 is 0 Å². The van der Waals surface area contributed by atoms with Gasteiger partial charge in [-0.2, -0.15) is 0 Å². The summed E-state index contributed by atoms with van der Waals surface area (Å²) in [6.07, 6.45) is 1.39. The monoisotopic (exact) mass is 304 g/mol. The number of carbonyl (C=O) groups excluding carboxylic acids is 1. The second-order valence-electron chi connectivity index (χ2n) is 4.76. The second kappa shape index (κ2) is 6.48. The number of amides is 1. The Morgan fingerprint density at radius 3 is 2.86 bits per heavy atom. The zero-order valence-corrected chi connectivity index (χ0v) is 12.2. The maximum Gasteiger partial charge on any atom is 0.270 e. The van der Waals surface area contributed by atoms with Crippen molar-refractivity contribution in [2.45, 2.75) is 13.5 Å². The Balaban J connectivity index is 1.64. The van der Waals surface area contributed by atoms with E-state index in [-0.39, 0.29) is 12.5 Å². The molecule has 2 aromatic heterocycles. The lowest BCUT2D eigenvalue weighted by Gasteiger charge is -2.27. The van der Waals surface area contributed by atoms with Gasteiger partial charge in [-0.3, -0.25) is 4.79 Å². The zero-order valence-electron chi connectivity index (χ0n) is 12.2. The van der Waals surface area contributed by atoms with Crippen molar-refractivity contribution >= 4 is 11.7 Å². The van der Waals surface area contributed by atoms with Gasteiger partial charge < -0.3 is 19.4 Å². The van der Waals surface area contributed by atoms with E-state index < -0.39 is 0 Å². The van der Waals surface area contributed by atoms with Crippen LogP contribution in [-0.4, -0.2) is 52.4 Å². The summed E-state index contributed by atoms with van der Waals surface area (Å²) in [5, 5.41) is 10.2. The number of hydrogen-bond donors (Lipinski definition) is 1. The number of hydrogen-bond acceptors (Lipinski definition) is 8. The van der Waals surface area contributed by atoms with Crippen LogP contribution in [0.3, 0.4) is 0 Å². The number of nitrogens with one attached hydrogen (secondary N) is 1. The molecule has 1 amide bonds. The molecular formula is C13H16N6O3. The number of carbonyl (C=O) groups is 1. The summed E-state index contributed by atoms with van der Waals surface area (Å²) in [6.45, 7) is 4.66. The minimum atomic E-state index is -0.312. The Morgan fingerprint density at radius 2 is 2.14 bits per heavy atom. The van der Waals surface area contributed by atoms with Crippen molar-refractivity contribution in [3.05, 3.63) is 29.9 Å². The van der Waals surface area contributed by atoms with Gasteiger partial charge in [-0.1, -0.05) is 0 Å². The Hall–Kier alpha value is -2.55. The maximum atomic E-state index is 12.1. The maximum absolute atomic E-state index is 12.1. The van der Waals surface area contributed by atoms with Crippen molar-refractivity contribution in [2.75, 3.05) is 31.2 Å². The van der Waals surface area contributed by atoms with Crippen molar-refractivity contribution in [3.63, 3.8) is 0 Å². The third-order valence-corrected chi connectivity index (χ3v) is 3.19. The van der Waals surface area contributed by atoms with Crippen molar-refractivity contribution in [3.8, 4) is 0 Å². The lowest BCUT2D eigenvalue weighted by atomic mass is 10.3. The van der Waals surface area contributed by atoms with Gasteiger partial charge in [0, 0.05) is 26.1 Å². The van der Waals surface area contributed by atoms with Crippen molar-refractivity contribution < 1.29 is 13.9 Å². The number of anilines is 1. The smallest absolute Gasteiger partial charge is 0.270 e. The number of aromatic nitrogens is 4. The molecule has 0 atom stereocenters. The molecule has 1 N–H and O–H groups in total. The molecule has 1 fully saturated rings. The van der Waals surface area contributed by atoms with Crippen molar-refractivity contribution in [1.82, 2.24) is 25.5 Å². The van der Waals surface area contributed by atoms with Gasteiger partial charge in [0.15, 0.2) is 0 Å². The van der Waals surface area contributed by atoms with E-state index in [1.165, 1.54) is 6.33 Å². The molecule has 1 aliphatic heterocycles. The summed E-state index contributed by atoms with van der Waals surface area (Å²) in [4.78, 5) is 22.4. The minimum absolute atomic E-state index is 0.163. The quantitative estimate of drug-likeness (QED) is 0.837. The van der Waals surface area contributed by atoms with Crippen LogP contribution < -0.4 is 10.2 Å². The summed E-state index contributed by atoms with van der Waals surface area (Å²) in [7, 11) is 0. The molecule has 0 spiro atoms. The Labute approximate surface area is 126 Å². The van der Waals surface area contributed by atoms with Crippen LogP contribution in [0, 0.1) is 6.92 Å². The highest BCUT2D eigenvalue weighted by atomic mass is 16.5. The van der Waals surface area contributed by atoms with E-state index in [4.69, 9.17) is 9.15 Å². The van der Waals surface area contributed by atoms with E-state index in [2.05, 4.69) is 30.4 Å². The lowest BCUT2D eigenvalue weighted by Crippen LogP contribution is -2.37. The Kier molecular flexibility index (Phi) is 4.24. The molecule has 0 bridgehead atoms. The van der Waals surface area contributed by atoms with Crippen LogP contribution in [0.15, 0.2) is 16.8 Å². The van der Waals surface area contributed by atoms with Crippen LogP contribution in [-0.2, 0) is 11.3 Å². The van der Waals surface area contributed by atoms with Gasteiger partial charge in [0.2, 0.25) is 11.8 Å². The molecule has 116 valence electrons. The minimum Gasteiger partial charge on any atom is -0.424 e. The van der Waals surface area contributed by atoms with Gasteiger partial charge in [0.05, 0.1) is 19.8 Å². The molecule has 3 heterocycles. The van der Waals surface area contributed by atoms with Crippen LogP contribution in [0.5, 0.6) is 0 Å². The summed E-state index contributed by atoms with van der Waals surface area (Å²) in [5.41, 5.74) is 0.299. The highest BCUT2D eigenvalue weighted by molar-refractivity contribution is 5.92.